The number of thiazole rings is 1. The molecule has 3 nitrogen and oxygen atoms in total. The van der Waals surface area contributed by atoms with Gasteiger partial charge in [0.15, 0.2) is 5.13 Å². The highest BCUT2D eigenvalue weighted by Gasteiger charge is 2.36. The maximum Gasteiger partial charge on any atom is 0.186 e. The maximum absolute atomic E-state index is 9.61. The SMILES string of the molecule is CCC(C)c1nc(N2CCCC3CCCC32)sc1CO. The number of aliphatic hydroxyl groups is 1. The largest absolute Gasteiger partial charge is 0.391 e. The molecule has 2 aliphatic rings. The lowest BCUT2D eigenvalue weighted by Crippen LogP contribution is -2.42. The third-order valence-electron chi connectivity index (χ3n) is 5.18. The second-order valence-electron chi connectivity index (χ2n) is 6.37. The van der Waals surface area contributed by atoms with Crippen LogP contribution in [0.4, 0.5) is 5.13 Å². The van der Waals surface area contributed by atoms with Crippen molar-refractivity contribution in [1.82, 2.24) is 4.98 Å². The van der Waals surface area contributed by atoms with E-state index >= 15 is 0 Å². The summed E-state index contributed by atoms with van der Waals surface area (Å²) in [4.78, 5) is 8.55. The summed E-state index contributed by atoms with van der Waals surface area (Å²) in [5.41, 5.74) is 1.13. The van der Waals surface area contributed by atoms with E-state index in [0.717, 1.165) is 29.5 Å². The monoisotopic (exact) mass is 294 g/mol. The Labute approximate surface area is 126 Å². The summed E-state index contributed by atoms with van der Waals surface area (Å²) in [6, 6.07) is 0.714. The van der Waals surface area contributed by atoms with E-state index in [4.69, 9.17) is 4.98 Å². The molecule has 3 unspecified atom stereocenters. The van der Waals surface area contributed by atoms with Crippen LogP contribution in [-0.2, 0) is 6.61 Å². The smallest absolute Gasteiger partial charge is 0.186 e. The van der Waals surface area contributed by atoms with E-state index in [9.17, 15) is 5.11 Å². The fourth-order valence-corrected chi connectivity index (χ4v) is 4.98. The predicted molar refractivity (Wildman–Crippen MR) is 84.5 cm³/mol. The molecular formula is C16H26N2OS. The predicted octanol–water partition coefficient (Wildman–Crippen LogP) is 3.92. The number of hydrogen-bond acceptors (Lipinski definition) is 4. The van der Waals surface area contributed by atoms with Crippen molar-refractivity contribution < 1.29 is 5.11 Å². The summed E-state index contributed by atoms with van der Waals surface area (Å²) in [6.45, 7) is 5.70. The van der Waals surface area contributed by atoms with E-state index in [1.54, 1.807) is 11.3 Å². The number of fused-ring (bicyclic) bond motifs is 1. The Balaban J connectivity index is 1.87. The third-order valence-corrected chi connectivity index (χ3v) is 6.27. The molecule has 4 heteroatoms. The Kier molecular flexibility index (Phi) is 4.32. The Morgan fingerprint density at radius 2 is 2.15 bits per heavy atom. The van der Waals surface area contributed by atoms with E-state index in [1.807, 2.05) is 0 Å². The molecule has 0 radical (unpaired) electrons. The van der Waals surface area contributed by atoms with Crippen molar-refractivity contribution in [2.45, 2.75) is 70.9 Å². The molecule has 1 aliphatic carbocycles. The van der Waals surface area contributed by atoms with Gasteiger partial charge in [0.25, 0.3) is 0 Å². The van der Waals surface area contributed by atoms with Crippen LogP contribution < -0.4 is 4.90 Å². The van der Waals surface area contributed by atoms with Crippen LogP contribution in [0.3, 0.4) is 0 Å². The molecule has 1 aromatic rings. The van der Waals surface area contributed by atoms with E-state index in [0.29, 0.717) is 12.0 Å². The zero-order chi connectivity index (χ0) is 14.1. The summed E-state index contributed by atoms with van der Waals surface area (Å²) in [6.07, 6.45) is 7.89. The lowest BCUT2D eigenvalue weighted by molar-refractivity contribution is 0.283. The highest BCUT2D eigenvalue weighted by molar-refractivity contribution is 7.15. The summed E-state index contributed by atoms with van der Waals surface area (Å²) < 4.78 is 0. The van der Waals surface area contributed by atoms with Crippen LogP contribution in [0.2, 0.25) is 0 Å². The average Bonchev–Trinajstić information content (AvgIpc) is 3.12. The average molecular weight is 294 g/mol. The van der Waals surface area contributed by atoms with Gasteiger partial charge in [-0.05, 0) is 43.9 Å². The highest BCUT2D eigenvalue weighted by Crippen LogP contribution is 2.41. The van der Waals surface area contributed by atoms with Crippen molar-refractivity contribution in [3.05, 3.63) is 10.6 Å². The van der Waals surface area contributed by atoms with Gasteiger partial charge >= 0.3 is 0 Å². The Morgan fingerprint density at radius 1 is 1.35 bits per heavy atom. The van der Waals surface area contributed by atoms with Crippen molar-refractivity contribution in [1.29, 1.82) is 0 Å². The molecule has 2 heterocycles. The van der Waals surface area contributed by atoms with Crippen LogP contribution in [0.1, 0.15) is 68.9 Å². The second-order valence-corrected chi connectivity index (χ2v) is 7.43. The van der Waals surface area contributed by atoms with Gasteiger partial charge in [-0.15, -0.1) is 0 Å². The number of aliphatic hydroxyl groups excluding tert-OH is 1. The van der Waals surface area contributed by atoms with Crippen molar-refractivity contribution in [3.63, 3.8) is 0 Å². The molecule has 1 aliphatic heterocycles. The van der Waals surface area contributed by atoms with Crippen LogP contribution in [-0.4, -0.2) is 22.7 Å². The highest BCUT2D eigenvalue weighted by atomic mass is 32.1. The quantitative estimate of drug-likeness (QED) is 0.914. The third kappa shape index (κ3) is 2.48. The molecule has 2 fully saturated rings. The molecule has 20 heavy (non-hydrogen) atoms. The minimum absolute atomic E-state index is 0.138. The first-order valence-corrected chi connectivity index (χ1v) is 8.93. The van der Waals surface area contributed by atoms with Crippen LogP contribution >= 0.6 is 11.3 Å². The Morgan fingerprint density at radius 3 is 2.90 bits per heavy atom. The Hall–Kier alpha value is -0.610. The minimum Gasteiger partial charge on any atom is -0.391 e. The maximum atomic E-state index is 9.61. The Bertz CT molecular complexity index is 459. The number of rotatable bonds is 4. The lowest BCUT2D eigenvalue weighted by Gasteiger charge is -2.37. The standard InChI is InChI=1S/C16H26N2OS/c1-3-11(2)15-14(10-19)20-16(17-15)18-9-5-7-12-6-4-8-13(12)18/h11-13,19H,3-10H2,1-2H3. The normalized spacial score (nSPS) is 27.6. The van der Waals surface area contributed by atoms with Gasteiger partial charge in [0.1, 0.15) is 0 Å². The van der Waals surface area contributed by atoms with Gasteiger partial charge < -0.3 is 10.0 Å². The van der Waals surface area contributed by atoms with Crippen LogP contribution in [0.25, 0.3) is 0 Å². The van der Waals surface area contributed by atoms with Crippen molar-refractivity contribution >= 4 is 16.5 Å². The van der Waals surface area contributed by atoms with E-state index < -0.39 is 0 Å². The number of piperidine rings is 1. The summed E-state index contributed by atoms with van der Waals surface area (Å²) in [5, 5.41) is 10.8. The number of nitrogens with zero attached hydrogens (tertiary/aromatic N) is 2. The zero-order valence-electron chi connectivity index (χ0n) is 12.6. The first kappa shape index (κ1) is 14.3. The molecule has 1 saturated carbocycles. The molecule has 0 spiro atoms. The van der Waals surface area contributed by atoms with Crippen molar-refractivity contribution in [2.75, 3.05) is 11.4 Å². The van der Waals surface area contributed by atoms with Gasteiger partial charge in [0, 0.05) is 12.6 Å². The molecule has 3 atom stereocenters. The van der Waals surface area contributed by atoms with Gasteiger partial charge in [0.05, 0.1) is 17.2 Å². The minimum atomic E-state index is 0.138. The first-order chi connectivity index (χ1) is 9.74. The van der Waals surface area contributed by atoms with Gasteiger partial charge in [-0.3, -0.25) is 0 Å². The second kappa shape index (κ2) is 6.02. The van der Waals surface area contributed by atoms with Crippen molar-refractivity contribution in [3.8, 4) is 0 Å². The topological polar surface area (TPSA) is 36.4 Å². The molecular weight excluding hydrogens is 268 g/mol. The fraction of sp³-hybridized carbons (Fsp3) is 0.812. The van der Waals surface area contributed by atoms with E-state index in [-0.39, 0.29) is 6.61 Å². The molecule has 0 bridgehead atoms. The van der Waals surface area contributed by atoms with Crippen LogP contribution in [0, 0.1) is 5.92 Å². The first-order valence-electron chi connectivity index (χ1n) is 8.11. The molecule has 3 rings (SSSR count). The molecule has 1 saturated heterocycles. The van der Waals surface area contributed by atoms with E-state index in [2.05, 4.69) is 18.7 Å². The van der Waals surface area contributed by atoms with Gasteiger partial charge in [-0.25, -0.2) is 4.98 Å². The number of anilines is 1. The van der Waals surface area contributed by atoms with Crippen LogP contribution in [0.5, 0.6) is 0 Å². The molecule has 0 aromatic carbocycles. The number of aromatic nitrogens is 1. The zero-order valence-corrected chi connectivity index (χ0v) is 13.5. The summed E-state index contributed by atoms with van der Waals surface area (Å²) >= 11 is 1.72. The van der Waals surface area contributed by atoms with Gasteiger partial charge in [-0.1, -0.05) is 31.6 Å². The molecule has 1 aromatic heterocycles. The fourth-order valence-electron chi connectivity index (χ4n) is 3.86. The van der Waals surface area contributed by atoms with E-state index in [1.165, 1.54) is 37.2 Å². The van der Waals surface area contributed by atoms with Gasteiger partial charge in [-0.2, -0.15) is 0 Å². The summed E-state index contributed by atoms with van der Waals surface area (Å²) in [5.74, 6) is 1.34. The summed E-state index contributed by atoms with van der Waals surface area (Å²) in [7, 11) is 0. The molecule has 0 amide bonds. The molecule has 1 N–H and O–H groups in total. The van der Waals surface area contributed by atoms with Crippen molar-refractivity contribution in [2.24, 2.45) is 5.92 Å². The number of hydrogen-bond donors (Lipinski definition) is 1. The lowest BCUT2D eigenvalue weighted by atomic mass is 9.92. The molecule has 112 valence electrons. The van der Waals surface area contributed by atoms with Gasteiger partial charge in [0.2, 0.25) is 0 Å². The van der Waals surface area contributed by atoms with Crippen LogP contribution in [0.15, 0.2) is 0 Å².